The lowest BCUT2D eigenvalue weighted by molar-refractivity contribution is -0.150. The molecule has 164 valence electrons. The lowest BCUT2D eigenvalue weighted by atomic mass is 9.88. The highest BCUT2D eigenvalue weighted by Crippen LogP contribution is 2.45. The minimum atomic E-state index is -4.11. The van der Waals surface area contributed by atoms with Crippen LogP contribution in [-0.2, 0) is 24.1 Å². The summed E-state index contributed by atoms with van der Waals surface area (Å²) >= 11 is 0. The van der Waals surface area contributed by atoms with E-state index in [1.807, 2.05) is 18.2 Å². The predicted octanol–water partition coefficient (Wildman–Crippen LogP) is 3.60. The van der Waals surface area contributed by atoms with Crippen LogP contribution in [0.5, 0.6) is 5.75 Å². The van der Waals surface area contributed by atoms with Crippen molar-refractivity contribution in [3.8, 4) is 11.8 Å². The van der Waals surface area contributed by atoms with Crippen molar-refractivity contribution in [2.45, 2.75) is 48.0 Å². The maximum absolute atomic E-state index is 13.5. The van der Waals surface area contributed by atoms with Crippen molar-refractivity contribution in [1.29, 1.82) is 5.26 Å². The highest BCUT2D eigenvalue weighted by Gasteiger charge is 2.56. The van der Waals surface area contributed by atoms with Crippen LogP contribution in [0.15, 0.2) is 59.5 Å². The van der Waals surface area contributed by atoms with E-state index in [9.17, 15) is 18.5 Å². The van der Waals surface area contributed by atoms with Crippen molar-refractivity contribution in [2.75, 3.05) is 13.7 Å². The summed E-state index contributed by atoms with van der Waals surface area (Å²) in [6, 6.07) is 17.0. The third-order valence-electron chi connectivity index (χ3n) is 5.49. The fourth-order valence-electron chi connectivity index (χ4n) is 3.84. The van der Waals surface area contributed by atoms with Crippen molar-refractivity contribution >= 4 is 15.8 Å². The zero-order chi connectivity index (χ0) is 22.5. The number of methoxy groups -OCH3 is 1. The molecule has 0 bridgehead atoms. The van der Waals surface area contributed by atoms with Gasteiger partial charge in [-0.3, -0.25) is 4.79 Å². The molecule has 0 saturated carbocycles. The Morgan fingerprint density at radius 3 is 2.45 bits per heavy atom. The van der Waals surface area contributed by atoms with Crippen molar-refractivity contribution in [1.82, 2.24) is 0 Å². The maximum atomic E-state index is 13.5. The summed E-state index contributed by atoms with van der Waals surface area (Å²) in [4.78, 5) is 12.3. The number of carbonyl (C=O) groups is 1. The largest absolute Gasteiger partial charge is 0.497 e. The highest BCUT2D eigenvalue weighted by molar-refractivity contribution is 7.93. The van der Waals surface area contributed by atoms with Gasteiger partial charge >= 0.3 is 5.97 Å². The fraction of sp³-hybridized carbons (Fsp3) is 0.391. The van der Waals surface area contributed by atoms with Crippen LogP contribution >= 0.6 is 0 Å². The Kier molecular flexibility index (Phi) is 6.98. The van der Waals surface area contributed by atoms with Gasteiger partial charge in [0.15, 0.2) is 14.6 Å². The van der Waals surface area contributed by atoms with Crippen LogP contribution in [0.4, 0.5) is 0 Å². The van der Waals surface area contributed by atoms with Gasteiger partial charge in [-0.2, -0.15) is 5.26 Å². The normalized spacial score (nSPS) is 23.5. The molecule has 3 atom stereocenters. The van der Waals surface area contributed by atoms with Crippen LogP contribution in [0.3, 0.4) is 0 Å². The molecule has 0 amide bonds. The second-order valence-corrected chi connectivity index (χ2v) is 9.46. The lowest BCUT2D eigenvalue weighted by Gasteiger charge is -2.41. The van der Waals surface area contributed by atoms with E-state index in [2.05, 4.69) is 0 Å². The molecule has 31 heavy (non-hydrogen) atoms. The summed E-state index contributed by atoms with van der Waals surface area (Å²) in [7, 11) is -2.55. The Labute approximate surface area is 182 Å². The highest BCUT2D eigenvalue weighted by atomic mass is 32.2. The van der Waals surface area contributed by atoms with Crippen molar-refractivity contribution < 1.29 is 27.4 Å². The molecule has 1 fully saturated rings. The molecule has 0 unspecified atom stereocenters. The molecule has 1 heterocycles. The molecule has 1 aliphatic heterocycles. The lowest BCUT2D eigenvalue weighted by Crippen LogP contribution is -2.53. The van der Waals surface area contributed by atoms with Crippen LogP contribution in [0, 0.1) is 11.3 Å². The average Bonchev–Trinajstić information content (AvgIpc) is 2.79. The first-order chi connectivity index (χ1) is 14.9. The summed E-state index contributed by atoms with van der Waals surface area (Å²) < 4.78 is 41.5. The van der Waals surface area contributed by atoms with Gasteiger partial charge in [0.2, 0.25) is 0 Å². The van der Waals surface area contributed by atoms with E-state index in [4.69, 9.17) is 14.2 Å². The van der Waals surface area contributed by atoms with Crippen LogP contribution < -0.4 is 4.74 Å². The topological polar surface area (TPSA) is 103 Å². The second-order valence-electron chi connectivity index (χ2n) is 7.25. The molecular formula is C23H25NO6S. The SMILES string of the molecule is CCOC(=O)C[C@H]1O[C@@H](c2ccc(OC)cc2)CC[C@]1(C#N)S(=O)(=O)c1ccccc1. The van der Waals surface area contributed by atoms with Gasteiger partial charge in [0.25, 0.3) is 0 Å². The number of sulfone groups is 1. The fourth-order valence-corrected chi connectivity index (χ4v) is 5.76. The number of esters is 1. The molecule has 1 aliphatic rings. The molecule has 1 saturated heterocycles. The quantitative estimate of drug-likeness (QED) is 0.602. The molecule has 7 nitrogen and oxygen atoms in total. The maximum Gasteiger partial charge on any atom is 0.308 e. The van der Waals surface area contributed by atoms with Gasteiger partial charge in [-0.15, -0.1) is 0 Å². The monoisotopic (exact) mass is 443 g/mol. The zero-order valence-electron chi connectivity index (χ0n) is 17.5. The van der Waals surface area contributed by atoms with Gasteiger partial charge in [0.05, 0.1) is 37.2 Å². The minimum absolute atomic E-state index is 0.0249. The first-order valence-corrected chi connectivity index (χ1v) is 11.5. The number of hydrogen-bond donors (Lipinski definition) is 0. The number of nitriles is 1. The molecule has 8 heteroatoms. The van der Waals surface area contributed by atoms with Gasteiger partial charge in [-0.25, -0.2) is 8.42 Å². The molecule has 2 aromatic rings. The summed E-state index contributed by atoms with van der Waals surface area (Å²) in [6.07, 6.45) is -1.63. The Hall–Kier alpha value is -2.89. The van der Waals surface area contributed by atoms with Gasteiger partial charge < -0.3 is 14.2 Å². The third kappa shape index (κ3) is 4.43. The molecule has 0 radical (unpaired) electrons. The molecular weight excluding hydrogens is 418 g/mol. The number of rotatable bonds is 7. The number of ether oxygens (including phenoxy) is 3. The number of hydrogen-bond acceptors (Lipinski definition) is 7. The van der Waals surface area contributed by atoms with Crippen LogP contribution in [-0.4, -0.2) is 39.0 Å². The van der Waals surface area contributed by atoms with Crippen molar-refractivity contribution in [3.05, 3.63) is 60.2 Å². The minimum Gasteiger partial charge on any atom is -0.497 e. The summed E-state index contributed by atoms with van der Waals surface area (Å²) in [5.41, 5.74) is 0.818. The first-order valence-electron chi connectivity index (χ1n) is 10.0. The van der Waals surface area contributed by atoms with Gasteiger partial charge in [-0.1, -0.05) is 30.3 Å². The van der Waals surface area contributed by atoms with E-state index < -0.39 is 32.8 Å². The zero-order valence-corrected chi connectivity index (χ0v) is 18.3. The molecule has 0 aliphatic carbocycles. The average molecular weight is 444 g/mol. The van der Waals surface area contributed by atoms with Crippen LogP contribution in [0.2, 0.25) is 0 Å². The number of carbonyl (C=O) groups excluding carboxylic acids is 1. The van der Waals surface area contributed by atoms with E-state index >= 15 is 0 Å². The van der Waals surface area contributed by atoms with E-state index in [0.717, 1.165) is 5.56 Å². The number of benzene rings is 2. The molecule has 0 spiro atoms. The van der Waals surface area contributed by atoms with Gasteiger partial charge in [0, 0.05) is 0 Å². The summed E-state index contributed by atoms with van der Waals surface area (Å²) in [5.74, 6) is 0.0754. The summed E-state index contributed by atoms with van der Waals surface area (Å²) in [6.45, 7) is 1.82. The predicted molar refractivity (Wildman–Crippen MR) is 113 cm³/mol. The van der Waals surface area contributed by atoms with Gasteiger partial charge in [-0.05, 0) is 49.6 Å². The van der Waals surface area contributed by atoms with E-state index in [1.54, 1.807) is 44.4 Å². The molecule has 0 N–H and O–H groups in total. The van der Waals surface area contributed by atoms with Crippen molar-refractivity contribution in [3.63, 3.8) is 0 Å². The Balaban J connectivity index is 2.00. The smallest absolute Gasteiger partial charge is 0.308 e. The standard InChI is InChI=1S/C23H25NO6S/c1-3-29-22(25)15-21-23(16-24,31(26,27)19-7-5-4-6-8-19)14-13-20(30-21)17-9-11-18(28-2)12-10-17/h4-12,20-21H,3,13-15H2,1-2H3/t20-,21-,23-/m1/s1. The van der Waals surface area contributed by atoms with E-state index in [1.165, 1.54) is 12.1 Å². The third-order valence-corrected chi connectivity index (χ3v) is 7.90. The van der Waals surface area contributed by atoms with Crippen LogP contribution in [0.25, 0.3) is 0 Å². The Bertz CT molecular complexity index is 1050. The Morgan fingerprint density at radius 1 is 1.19 bits per heavy atom. The second kappa shape index (κ2) is 9.50. The van der Waals surface area contributed by atoms with Crippen molar-refractivity contribution in [2.24, 2.45) is 0 Å². The van der Waals surface area contributed by atoms with Gasteiger partial charge in [0.1, 0.15) is 11.9 Å². The molecule has 2 aromatic carbocycles. The Morgan fingerprint density at radius 2 is 1.87 bits per heavy atom. The van der Waals surface area contributed by atoms with E-state index in [-0.39, 0.29) is 24.3 Å². The number of nitrogens with zero attached hydrogens (tertiary/aromatic N) is 1. The molecule has 3 rings (SSSR count). The van der Waals surface area contributed by atoms with Crippen LogP contribution in [0.1, 0.15) is 37.9 Å². The first kappa shape index (κ1) is 22.8. The molecule has 0 aromatic heterocycles. The summed E-state index contributed by atoms with van der Waals surface area (Å²) in [5, 5.41) is 10.1. The van der Waals surface area contributed by atoms with E-state index in [0.29, 0.717) is 12.2 Å².